The second-order valence-corrected chi connectivity index (χ2v) is 4.65. The highest BCUT2D eigenvalue weighted by Gasteiger charge is 2.02. The van der Waals surface area contributed by atoms with Crippen LogP contribution < -0.4 is 5.73 Å². The van der Waals surface area contributed by atoms with Gasteiger partial charge in [-0.15, -0.1) is 11.8 Å². The molecule has 0 radical (unpaired) electrons. The Bertz CT molecular complexity index is 513. The molecule has 0 saturated heterocycles. The van der Waals surface area contributed by atoms with Crippen molar-refractivity contribution in [2.75, 3.05) is 5.73 Å². The fraction of sp³-hybridized carbons (Fsp3) is 0.0769. The summed E-state index contributed by atoms with van der Waals surface area (Å²) >= 11 is 1.47. The maximum atomic E-state index is 13.0. The van der Waals surface area contributed by atoms with Crippen LogP contribution in [0.15, 0.2) is 47.4 Å². The molecule has 0 atom stereocenters. The molecule has 2 aromatic carbocycles. The van der Waals surface area contributed by atoms with Gasteiger partial charge in [-0.2, -0.15) is 0 Å². The first-order valence-corrected chi connectivity index (χ1v) is 6.09. The molecule has 0 saturated carbocycles. The Hall–Kier alpha value is -1.68. The zero-order valence-electron chi connectivity index (χ0n) is 9.06. The number of rotatable bonds is 3. The smallest absolute Gasteiger partial charge is 0.124 e. The van der Waals surface area contributed by atoms with E-state index >= 15 is 0 Å². The number of phenols is 1. The standard InChI is InChI=1S/C13H12FNOS/c14-10-3-6-12(15)13(7-10)17-8-9-1-4-11(16)5-2-9/h1-7,16H,8,15H2. The summed E-state index contributed by atoms with van der Waals surface area (Å²) < 4.78 is 13.0. The Morgan fingerprint density at radius 2 is 1.82 bits per heavy atom. The van der Waals surface area contributed by atoms with Gasteiger partial charge in [-0.25, -0.2) is 4.39 Å². The lowest BCUT2D eigenvalue weighted by atomic mass is 10.2. The lowest BCUT2D eigenvalue weighted by Gasteiger charge is -2.05. The molecule has 2 nitrogen and oxygen atoms in total. The zero-order valence-corrected chi connectivity index (χ0v) is 9.88. The summed E-state index contributed by atoms with van der Waals surface area (Å²) in [6.45, 7) is 0. The molecule has 0 spiro atoms. The van der Waals surface area contributed by atoms with E-state index in [1.54, 1.807) is 18.2 Å². The molecule has 88 valence electrons. The van der Waals surface area contributed by atoms with Crippen molar-refractivity contribution >= 4 is 17.4 Å². The van der Waals surface area contributed by atoms with Crippen molar-refractivity contribution in [3.8, 4) is 5.75 Å². The summed E-state index contributed by atoms with van der Waals surface area (Å²) in [6, 6.07) is 11.3. The quantitative estimate of drug-likeness (QED) is 0.647. The van der Waals surface area contributed by atoms with Crippen LogP contribution in [0.3, 0.4) is 0 Å². The van der Waals surface area contributed by atoms with Gasteiger partial charge in [0, 0.05) is 16.3 Å². The first-order valence-electron chi connectivity index (χ1n) is 5.11. The van der Waals surface area contributed by atoms with Crippen LogP contribution in [0, 0.1) is 5.82 Å². The summed E-state index contributed by atoms with van der Waals surface area (Å²) in [7, 11) is 0. The predicted octanol–water partition coefficient (Wildman–Crippen LogP) is 3.41. The highest BCUT2D eigenvalue weighted by atomic mass is 32.2. The molecule has 4 heteroatoms. The lowest BCUT2D eigenvalue weighted by molar-refractivity contribution is 0.475. The summed E-state index contributed by atoms with van der Waals surface area (Å²) in [5.74, 6) is 0.643. The summed E-state index contributed by atoms with van der Waals surface area (Å²) in [6.07, 6.45) is 0. The Labute approximate surface area is 103 Å². The lowest BCUT2D eigenvalue weighted by Crippen LogP contribution is -1.90. The van der Waals surface area contributed by atoms with Gasteiger partial charge in [0.1, 0.15) is 11.6 Å². The largest absolute Gasteiger partial charge is 0.508 e. The normalized spacial score (nSPS) is 10.4. The van der Waals surface area contributed by atoms with E-state index in [1.807, 2.05) is 12.1 Å². The van der Waals surface area contributed by atoms with Crippen LogP contribution in [0.1, 0.15) is 5.56 Å². The SMILES string of the molecule is Nc1ccc(F)cc1SCc1ccc(O)cc1. The van der Waals surface area contributed by atoms with E-state index in [9.17, 15) is 4.39 Å². The number of nitrogen functional groups attached to an aromatic ring is 1. The summed E-state index contributed by atoms with van der Waals surface area (Å²) in [5.41, 5.74) is 7.38. The molecule has 2 aromatic rings. The molecule has 0 amide bonds. The molecule has 0 bridgehead atoms. The van der Waals surface area contributed by atoms with Crippen LogP contribution >= 0.6 is 11.8 Å². The Balaban J connectivity index is 2.07. The highest BCUT2D eigenvalue weighted by molar-refractivity contribution is 7.98. The van der Waals surface area contributed by atoms with E-state index < -0.39 is 0 Å². The fourth-order valence-electron chi connectivity index (χ4n) is 1.39. The third-order valence-electron chi connectivity index (χ3n) is 2.31. The van der Waals surface area contributed by atoms with Gasteiger partial charge in [-0.05, 0) is 35.9 Å². The second-order valence-electron chi connectivity index (χ2n) is 3.64. The third kappa shape index (κ3) is 3.14. The van der Waals surface area contributed by atoms with Crippen LogP contribution in [0.25, 0.3) is 0 Å². The monoisotopic (exact) mass is 249 g/mol. The van der Waals surface area contributed by atoms with Gasteiger partial charge in [0.2, 0.25) is 0 Å². The molecular formula is C13H12FNOS. The second kappa shape index (κ2) is 5.10. The van der Waals surface area contributed by atoms with Gasteiger partial charge in [0.05, 0.1) is 0 Å². The van der Waals surface area contributed by atoms with E-state index in [-0.39, 0.29) is 11.6 Å². The van der Waals surface area contributed by atoms with E-state index in [4.69, 9.17) is 10.8 Å². The van der Waals surface area contributed by atoms with Crippen LogP contribution in [0.2, 0.25) is 0 Å². The van der Waals surface area contributed by atoms with Crippen molar-refractivity contribution in [3.05, 3.63) is 53.8 Å². The number of hydrogen-bond acceptors (Lipinski definition) is 3. The van der Waals surface area contributed by atoms with E-state index in [1.165, 1.54) is 23.9 Å². The molecule has 0 aliphatic rings. The first-order chi connectivity index (χ1) is 8.15. The maximum Gasteiger partial charge on any atom is 0.124 e. The Morgan fingerprint density at radius 3 is 2.53 bits per heavy atom. The van der Waals surface area contributed by atoms with Gasteiger partial charge in [-0.3, -0.25) is 0 Å². The number of thioether (sulfide) groups is 1. The van der Waals surface area contributed by atoms with Gasteiger partial charge >= 0.3 is 0 Å². The summed E-state index contributed by atoms with van der Waals surface area (Å²) in [5, 5.41) is 9.15. The minimum atomic E-state index is -0.285. The number of hydrogen-bond donors (Lipinski definition) is 2. The molecule has 2 rings (SSSR count). The topological polar surface area (TPSA) is 46.2 Å². The van der Waals surface area contributed by atoms with Crippen molar-refractivity contribution in [1.29, 1.82) is 0 Å². The van der Waals surface area contributed by atoms with Crippen molar-refractivity contribution < 1.29 is 9.50 Å². The molecule has 17 heavy (non-hydrogen) atoms. The van der Waals surface area contributed by atoms with Crippen LogP contribution in [0.4, 0.5) is 10.1 Å². The van der Waals surface area contributed by atoms with Crippen molar-refractivity contribution in [1.82, 2.24) is 0 Å². The van der Waals surface area contributed by atoms with Crippen LogP contribution in [0.5, 0.6) is 5.75 Å². The van der Waals surface area contributed by atoms with Gasteiger partial charge in [0.25, 0.3) is 0 Å². The zero-order chi connectivity index (χ0) is 12.3. The minimum Gasteiger partial charge on any atom is -0.508 e. The molecule has 0 unspecified atom stereocenters. The Morgan fingerprint density at radius 1 is 1.12 bits per heavy atom. The number of aromatic hydroxyl groups is 1. The number of nitrogens with two attached hydrogens (primary N) is 1. The number of benzene rings is 2. The molecule has 0 heterocycles. The summed E-state index contributed by atoms with van der Waals surface area (Å²) in [4.78, 5) is 0.734. The van der Waals surface area contributed by atoms with Crippen LogP contribution in [-0.2, 0) is 5.75 Å². The van der Waals surface area contributed by atoms with Crippen molar-refractivity contribution in [2.45, 2.75) is 10.6 Å². The third-order valence-corrected chi connectivity index (χ3v) is 3.45. The predicted molar refractivity (Wildman–Crippen MR) is 68.5 cm³/mol. The Kier molecular flexibility index (Phi) is 3.54. The van der Waals surface area contributed by atoms with Gasteiger partial charge in [0.15, 0.2) is 0 Å². The van der Waals surface area contributed by atoms with Crippen molar-refractivity contribution in [3.63, 3.8) is 0 Å². The molecule has 3 N–H and O–H groups in total. The van der Waals surface area contributed by atoms with E-state index in [2.05, 4.69) is 0 Å². The molecule has 0 aromatic heterocycles. The number of phenolic OH excluding ortho intramolecular Hbond substituents is 1. The minimum absolute atomic E-state index is 0.240. The van der Waals surface area contributed by atoms with Crippen molar-refractivity contribution in [2.24, 2.45) is 0 Å². The number of halogens is 1. The molecule has 0 aliphatic heterocycles. The van der Waals surface area contributed by atoms with Gasteiger partial charge < -0.3 is 10.8 Å². The molecule has 0 fully saturated rings. The first kappa shape index (κ1) is 11.8. The molecule has 0 aliphatic carbocycles. The van der Waals surface area contributed by atoms with Gasteiger partial charge in [-0.1, -0.05) is 12.1 Å². The average Bonchev–Trinajstić information content (AvgIpc) is 2.32. The van der Waals surface area contributed by atoms with Crippen LogP contribution in [-0.4, -0.2) is 5.11 Å². The molecular weight excluding hydrogens is 237 g/mol. The van der Waals surface area contributed by atoms with E-state index in [0.717, 1.165) is 10.5 Å². The fourth-order valence-corrected chi connectivity index (χ4v) is 2.33. The highest BCUT2D eigenvalue weighted by Crippen LogP contribution is 2.29. The average molecular weight is 249 g/mol. The number of anilines is 1. The maximum absolute atomic E-state index is 13.0. The van der Waals surface area contributed by atoms with E-state index in [0.29, 0.717) is 11.4 Å².